The van der Waals surface area contributed by atoms with E-state index in [-0.39, 0.29) is 17.3 Å². The first kappa shape index (κ1) is 21.4. The molecule has 0 N–H and O–H groups in total. The molecule has 0 spiro atoms. The van der Waals surface area contributed by atoms with Gasteiger partial charge in [-0.2, -0.15) is 0 Å². The lowest BCUT2D eigenvalue weighted by molar-refractivity contribution is -0.114. The minimum absolute atomic E-state index is 0.0942. The number of nitrogens with zero attached hydrogens (tertiary/aromatic N) is 2. The number of halogens is 1. The Kier molecular flexibility index (Phi) is 6.07. The molecule has 0 saturated heterocycles. The molecule has 6 heteroatoms. The molecule has 158 valence electrons. The molecule has 0 unspecified atom stereocenters. The Hall–Kier alpha value is -3.88. The van der Waals surface area contributed by atoms with E-state index in [9.17, 15) is 9.59 Å². The summed E-state index contributed by atoms with van der Waals surface area (Å²) in [5.41, 5.74) is 3.45. The maximum atomic E-state index is 13.2. The number of fused-ring (bicyclic) bond motifs is 1. The highest BCUT2D eigenvalue weighted by Crippen LogP contribution is 2.31. The second-order valence-electron chi connectivity index (χ2n) is 7.23. The van der Waals surface area contributed by atoms with Crippen molar-refractivity contribution in [3.63, 3.8) is 0 Å². The summed E-state index contributed by atoms with van der Waals surface area (Å²) in [7, 11) is 3.22. The minimum atomic E-state index is -0.353. The third-order valence-electron chi connectivity index (χ3n) is 5.07. The normalized spacial score (nSPS) is 14.1. The van der Waals surface area contributed by atoms with Crippen LogP contribution in [0.3, 0.4) is 0 Å². The van der Waals surface area contributed by atoms with Crippen LogP contribution in [0.5, 0.6) is 5.88 Å². The van der Waals surface area contributed by atoms with Crippen molar-refractivity contribution < 1.29 is 14.3 Å². The summed E-state index contributed by atoms with van der Waals surface area (Å²) in [4.78, 5) is 31.6. The summed E-state index contributed by atoms with van der Waals surface area (Å²) in [6, 6.07) is 16.0. The number of hydrogen-bond donors (Lipinski definition) is 0. The molecule has 3 aromatic rings. The van der Waals surface area contributed by atoms with E-state index >= 15 is 0 Å². The zero-order valence-electron chi connectivity index (χ0n) is 17.6. The van der Waals surface area contributed by atoms with Gasteiger partial charge >= 0.3 is 0 Å². The highest BCUT2D eigenvalue weighted by Gasteiger charge is 2.32. The lowest BCUT2D eigenvalue weighted by atomic mass is 9.92. The molecule has 1 aliphatic rings. The highest BCUT2D eigenvalue weighted by molar-refractivity contribution is 6.36. The van der Waals surface area contributed by atoms with Gasteiger partial charge in [-0.3, -0.25) is 9.59 Å². The maximum absolute atomic E-state index is 13.2. The van der Waals surface area contributed by atoms with E-state index in [2.05, 4.69) is 16.8 Å². The largest absolute Gasteiger partial charge is 0.481 e. The fourth-order valence-corrected chi connectivity index (χ4v) is 3.59. The van der Waals surface area contributed by atoms with Gasteiger partial charge in [-0.25, -0.2) is 4.98 Å². The first-order valence-corrected chi connectivity index (χ1v) is 10.3. The Balaban J connectivity index is 1.62. The van der Waals surface area contributed by atoms with Crippen LogP contribution in [0.1, 0.15) is 27.0 Å². The number of hydrogen-bond acceptors (Lipinski definition) is 4. The number of amides is 1. The predicted octanol–water partition coefficient (Wildman–Crippen LogP) is 4.58. The number of rotatable bonds is 3. The highest BCUT2D eigenvalue weighted by atomic mass is 35.5. The Bertz CT molecular complexity index is 1300. The number of Topliss-reactive ketones (excluding diaryl/α,β-unsaturated/α-hetero) is 1. The van der Waals surface area contributed by atoms with Gasteiger partial charge in [0.25, 0.3) is 5.91 Å². The van der Waals surface area contributed by atoms with Gasteiger partial charge in [0.15, 0.2) is 0 Å². The van der Waals surface area contributed by atoms with Crippen molar-refractivity contribution in [2.75, 3.05) is 19.1 Å². The fourth-order valence-electron chi connectivity index (χ4n) is 3.40. The molecule has 2 aromatic carbocycles. The summed E-state index contributed by atoms with van der Waals surface area (Å²) in [5, 5.41) is 0.536. The second kappa shape index (κ2) is 9.09. The van der Waals surface area contributed by atoms with Crippen LogP contribution in [0.4, 0.5) is 5.69 Å². The molecule has 0 aliphatic carbocycles. The standard InChI is InChI=1S/C26H19ClN2O3/c1-29-23-11-9-17(5-3-6-18-10-12-24(32-2)28-16-18)14-21(23)25(30)22(26(29)31)15-19-7-4-8-20(27)13-19/h4,7-16H,6H2,1-2H3/b22-15-. The summed E-state index contributed by atoms with van der Waals surface area (Å²) < 4.78 is 5.06. The number of anilines is 1. The van der Waals surface area contributed by atoms with E-state index in [4.69, 9.17) is 16.3 Å². The van der Waals surface area contributed by atoms with Gasteiger partial charge in [0, 0.05) is 41.9 Å². The van der Waals surface area contributed by atoms with E-state index in [1.54, 1.807) is 75.0 Å². The molecular formula is C26H19ClN2O3. The van der Waals surface area contributed by atoms with Crippen molar-refractivity contribution in [1.82, 2.24) is 4.98 Å². The maximum Gasteiger partial charge on any atom is 0.262 e. The molecule has 1 amide bonds. The van der Waals surface area contributed by atoms with E-state index in [0.29, 0.717) is 39.7 Å². The number of aromatic nitrogens is 1. The zero-order chi connectivity index (χ0) is 22.7. The lowest BCUT2D eigenvalue weighted by Crippen LogP contribution is -2.36. The van der Waals surface area contributed by atoms with Crippen LogP contribution in [0, 0.1) is 11.8 Å². The summed E-state index contributed by atoms with van der Waals surface area (Å²) >= 11 is 6.04. The monoisotopic (exact) mass is 442 g/mol. The predicted molar refractivity (Wildman–Crippen MR) is 125 cm³/mol. The first-order valence-electron chi connectivity index (χ1n) is 9.88. The van der Waals surface area contributed by atoms with Gasteiger partial charge in [0.2, 0.25) is 11.7 Å². The van der Waals surface area contributed by atoms with Crippen LogP contribution in [-0.2, 0) is 11.2 Å². The lowest BCUT2D eigenvalue weighted by Gasteiger charge is -2.26. The van der Waals surface area contributed by atoms with Crippen LogP contribution >= 0.6 is 11.6 Å². The Labute approximate surface area is 191 Å². The Morgan fingerprint density at radius 3 is 2.69 bits per heavy atom. The topological polar surface area (TPSA) is 59.5 Å². The minimum Gasteiger partial charge on any atom is -0.481 e. The van der Waals surface area contributed by atoms with Crippen LogP contribution < -0.4 is 9.64 Å². The molecular weight excluding hydrogens is 424 g/mol. The molecule has 0 radical (unpaired) electrons. The number of ketones is 1. The van der Waals surface area contributed by atoms with Gasteiger partial charge in [0.05, 0.1) is 18.4 Å². The molecule has 0 fully saturated rings. The zero-order valence-corrected chi connectivity index (χ0v) is 18.3. The van der Waals surface area contributed by atoms with Crippen molar-refractivity contribution in [3.05, 3.63) is 93.6 Å². The van der Waals surface area contributed by atoms with Gasteiger partial charge in [-0.05, 0) is 47.5 Å². The molecule has 0 saturated carbocycles. The third-order valence-corrected chi connectivity index (χ3v) is 5.31. The van der Waals surface area contributed by atoms with Crippen LogP contribution in [-0.4, -0.2) is 30.8 Å². The van der Waals surface area contributed by atoms with Crippen molar-refractivity contribution in [2.45, 2.75) is 6.42 Å². The van der Waals surface area contributed by atoms with Crippen LogP contribution in [0.15, 0.2) is 66.4 Å². The Morgan fingerprint density at radius 2 is 1.97 bits per heavy atom. The van der Waals surface area contributed by atoms with Crippen LogP contribution in [0.25, 0.3) is 6.08 Å². The van der Waals surface area contributed by atoms with E-state index in [0.717, 1.165) is 5.56 Å². The molecule has 1 aromatic heterocycles. The number of benzene rings is 2. The number of ether oxygens (including phenoxy) is 1. The van der Waals surface area contributed by atoms with Gasteiger partial charge in [-0.1, -0.05) is 41.6 Å². The summed E-state index contributed by atoms with van der Waals surface area (Å²) in [6.07, 6.45) is 3.81. The van der Waals surface area contributed by atoms with E-state index in [1.165, 1.54) is 4.90 Å². The number of methoxy groups -OCH3 is 1. The second-order valence-corrected chi connectivity index (χ2v) is 7.66. The number of carbonyl (C=O) groups is 2. The molecule has 0 atom stereocenters. The number of likely N-dealkylation sites (N-methyl/N-ethyl adjacent to an activating group) is 1. The molecule has 1 aliphatic heterocycles. The fraction of sp³-hybridized carbons (Fsp3) is 0.115. The average Bonchev–Trinajstić information content (AvgIpc) is 2.81. The molecule has 0 bridgehead atoms. The third kappa shape index (κ3) is 4.41. The first-order chi connectivity index (χ1) is 15.5. The molecule has 5 nitrogen and oxygen atoms in total. The van der Waals surface area contributed by atoms with Crippen LogP contribution in [0.2, 0.25) is 5.02 Å². The quantitative estimate of drug-likeness (QED) is 0.338. The molecule has 2 heterocycles. The number of carbonyl (C=O) groups excluding carboxylic acids is 2. The number of pyridine rings is 1. The van der Waals surface area contributed by atoms with E-state index in [1.807, 2.05) is 6.07 Å². The molecule has 4 rings (SSSR count). The SMILES string of the molecule is COc1ccc(CC#Cc2ccc3c(c2)C(=O)/C(=C/c2cccc(Cl)c2)C(=O)N3C)cn1. The summed E-state index contributed by atoms with van der Waals surface area (Å²) in [6.45, 7) is 0. The van der Waals surface area contributed by atoms with Gasteiger partial charge in [-0.15, -0.1) is 0 Å². The molecule has 32 heavy (non-hydrogen) atoms. The van der Waals surface area contributed by atoms with Crippen molar-refractivity contribution in [1.29, 1.82) is 0 Å². The average molecular weight is 443 g/mol. The van der Waals surface area contributed by atoms with Crippen molar-refractivity contribution in [2.24, 2.45) is 0 Å². The van der Waals surface area contributed by atoms with Gasteiger partial charge < -0.3 is 9.64 Å². The smallest absolute Gasteiger partial charge is 0.262 e. The van der Waals surface area contributed by atoms with Gasteiger partial charge in [0.1, 0.15) is 0 Å². The summed E-state index contributed by atoms with van der Waals surface area (Å²) in [5.74, 6) is 6.06. The van der Waals surface area contributed by atoms with Crippen molar-refractivity contribution in [3.8, 4) is 17.7 Å². The van der Waals surface area contributed by atoms with E-state index < -0.39 is 0 Å². The Morgan fingerprint density at radius 1 is 1.12 bits per heavy atom. The van der Waals surface area contributed by atoms with Crippen molar-refractivity contribution >= 4 is 35.1 Å².